The average Bonchev–Trinajstić information content (AvgIpc) is 3.01. The Morgan fingerprint density at radius 3 is 2.62 bits per heavy atom. The molecule has 0 atom stereocenters. The lowest BCUT2D eigenvalue weighted by atomic mass is 10.1. The normalized spacial score (nSPS) is 10.9. The van der Waals surface area contributed by atoms with Crippen molar-refractivity contribution in [1.82, 2.24) is 19.5 Å². The summed E-state index contributed by atoms with van der Waals surface area (Å²) < 4.78 is 1.55. The number of aryl methyl sites for hydroxylation is 2. The Labute approximate surface area is 176 Å². The second kappa shape index (κ2) is 8.26. The predicted molar refractivity (Wildman–Crippen MR) is 112 cm³/mol. The lowest BCUT2D eigenvalue weighted by Gasteiger charge is -2.18. The summed E-state index contributed by atoms with van der Waals surface area (Å²) in [5, 5.41) is 6.04. The number of aromatic nitrogens is 3. The summed E-state index contributed by atoms with van der Waals surface area (Å²) in [7, 11) is 1.55. The number of rotatable bonds is 5. The van der Waals surface area contributed by atoms with Crippen LogP contribution in [-0.4, -0.2) is 44.9 Å². The Morgan fingerprint density at radius 2 is 1.93 bits per heavy atom. The fraction of sp³-hybridized carbons (Fsp3) is 0.263. The van der Waals surface area contributed by atoms with Crippen LogP contribution in [0.25, 0.3) is 5.65 Å². The van der Waals surface area contributed by atoms with E-state index >= 15 is 0 Å². The van der Waals surface area contributed by atoms with Gasteiger partial charge in [-0.05, 0) is 32.0 Å². The number of aromatic amines is 1. The van der Waals surface area contributed by atoms with E-state index in [1.54, 1.807) is 37.5 Å². The lowest BCUT2D eigenvalue weighted by molar-refractivity contribution is -0.132. The number of carbonyl (C=O) groups excluding carboxylic acids is 2. The van der Waals surface area contributed by atoms with Gasteiger partial charge < -0.3 is 10.2 Å². The number of carbonyl (C=O) groups is 2. The molecule has 0 bridgehead atoms. The van der Waals surface area contributed by atoms with Crippen LogP contribution < -0.4 is 10.9 Å². The molecule has 2 N–H and O–H groups in total. The zero-order valence-electron chi connectivity index (χ0n) is 16.0. The molecule has 0 aliphatic heterocycles. The van der Waals surface area contributed by atoms with Gasteiger partial charge in [-0.2, -0.15) is 0 Å². The van der Waals surface area contributed by atoms with Crippen LogP contribution in [0.2, 0.25) is 10.0 Å². The summed E-state index contributed by atoms with van der Waals surface area (Å²) in [5.74, 6) is -0.618. The second-order valence-electron chi connectivity index (χ2n) is 6.68. The van der Waals surface area contributed by atoms with Crippen molar-refractivity contribution in [2.24, 2.45) is 0 Å². The van der Waals surface area contributed by atoms with Crippen molar-refractivity contribution in [3.63, 3.8) is 0 Å². The number of fused-ring (bicyclic) bond motifs is 1. The number of benzene rings is 1. The molecule has 10 heteroatoms. The molecule has 0 radical (unpaired) electrons. The molecule has 0 aliphatic carbocycles. The van der Waals surface area contributed by atoms with Crippen LogP contribution in [0.1, 0.15) is 17.0 Å². The van der Waals surface area contributed by atoms with Gasteiger partial charge in [0.05, 0.1) is 23.0 Å². The van der Waals surface area contributed by atoms with Crippen molar-refractivity contribution >= 4 is 46.4 Å². The number of hydrogen-bond acceptors (Lipinski definition) is 4. The van der Waals surface area contributed by atoms with Crippen LogP contribution in [-0.2, 0) is 16.0 Å². The molecular formula is C19H19Cl2N5O3. The minimum atomic E-state index is -0.365. The topological polar surface area (TPSA) is 99.6 Å². The first-order valence-electron chi connectivity index (χ1n) is 8.72. The fourth-order valence-electron chi connectivity index (χ4n) is 2.98. The summed E-state index contributed by atoms with van der Waals surface area (Å²) >= 11 is 11.8. The molecule has 0 unspecified atom stereocenters. The molecule has 3 aromatic rings. The Balaban J connectivity index is 1.69. The van der Waals surface area contributed by atoms with E-state index in [1.807, 2.05) is 0 Å². The maximum Gasteiger partial charge on any atom is 0.266 e. The van der Waals surface area contributed by atoms with E-state index in [2.05, 4.69) is 15.4 Å². The summed E-state index contributed by atoms with van der Waals surface area (Å²) in [6, 6.07) is 6.13. The molecule has 2 amide bonds. The molecule has 0 saturated carbocycles. The molecule has 29 heavy (non-hydrogen) atoms. The minimum absolute atomic E-state index is 0.0529. The largest absolute Gasteiger partial charge is 0.336 e. The van der Waals surface area contributed by atoms with E-state index in [9.17, 15) is 14.4 Å². The number of nitrogens with one attached hydrogen (secondary N) is 2. The van der Waals surface area contributed by atoms with E-state index in [-0.39, 0.29) is 30.3 Å². The zero-order chi connectivity index (χ0) is 21.3. The Bertz CT molecular complexity index is 1170. The summed E-state index contributed by atoms with van der Waals surface area (Å²) in [4.78, 5) is 42.1. The third kappa shape index (κ3) is 4.60. The lowest BCUT2D eigenvalue weighted by Crippen LogP contribution is -2.36. The van der Waals surface area contributed by atoms with Crippen molar-refractivity contribution in [3.05, 3.63) is 61.6 Å². The van der Waals surface area contributed by atoms with Gasteiger partial charge in [0.2, 0.25) is 11.8 Å². The summed E-state index contributed by atoms with van der Waals surface area (Å²) in [6.45, 7) is 3.45. The highest BCUT2D eigenvalue weighted by atomic mass is 35.5. The van der Waals surface area contributed by atoms with Gasteiger partial charge in [-0.15, -0.1) is 0 Å². The third-order valence-electron chi connectivity index (χ3n) is 4.54. The number of nitrogens with zero attached hydrogens (tertiary/aromatic N) is 3. The molecule has 0 saturated heterocycles. The Hall–Kier alpha value is -2.84. The van der Waals surface area contributed by atoms with Gasteiger partial charge in [-0.3, -0.25) is 19.5 Å². The van der Waals surface area contributed by atoms with Gasteiger partial charge in [0.1, 0.15) is 0 Å². The number of halogens is 2. The minimum Gasteiger partial charge on any atom is -0.336 e. The monoisotopic (exact) mass is 435 g/mol. The smallest absolute Gasteiger partial charge is 0.266 e. The highest BCUT2D eigenvalue weighted by Gasteiger charge is 2.18. The van der Waals surface area contributed by atoms with Crippen LogP contribution >= 0.6 is 23.2 Å². The van der Waals surface area contributed by atoms with Crippen molar-refractivity contribution in [1.29, 1.82) is 0 Å². The van der Waals surface area contributed by atoms with E-state index in [0.717, 1.165) is 5.69 Å². The average molecular weight is 436 g/mol. The summed E-state index contributed by atoms with van der Waals surface area (Å²) in [6.07, 6.45) is 0.0529. The molecule has 1 aromatic carbocycles. The third-order valence-corrected chi connectivity index (χ3v) is 5.28. The first kappa shape index (κ1) is 20.9. The quantitative estimate of drug-likeness (QED) is 0.642. The van der Waals surface area contributed by atoms with E-state index in [4.69, 9.17) is 23.2 Å². The van der Waals surface area contributed by atoms with Gasteiger partial charge >= 0.3 is 0 Å². The van der Waals surface area contributed by atoms with Gasteiger partial charge in [-0.25, -0.2) is 9.50 Å². The van der Waals surface area contributed by atoms with Gasteiger partial charge in [-0.1, -0.05) is 23.2 Å². The molecule has 2 aromatic heterocycles. The molecule has 0 fully saturated rings. The number of likely N-dealkylation sites (N-methyl/N-ethyl adjacent to an activating group) is 1. The standard InChI is InChI=1S/C19H19Cl2N5O3/c1-10-13(11(2)26-16(22-10)8-17(27)24-26)7-19(29)25(3)9-18(28)23-12-4-5-14(20)15(21)6-12/h4-6,8H,7,9H2,1-3H3,(H,23,28)(H,24,27). The molecule has 152 valence electrons. The van der Waals surface area contributed by atoms with E-state index in [1.165, 1.54) is 17.0 Å². The van der Waals surface area contributed by atoms with Crippen LogP contribution in [0.5, 0.6) is 0 Å². The fourth-order valence-corrected chi connectivity index (χ4v) is 3.27. The van der Waals surface area contributed by atoms with Crippen molar-refractivity contribution in [2.75, 3.05) is 18.9 Å². The highest BCUT2D eigenvalue weighted by molar-refractivity contribution is 6.42. The number of amides is 2. The number of anilines is 1. The zero-order valence-corrected chi connectivity index (χ0v) is 17.6. The van der Waals surface area contributed by atoms with Gasteiger partial charge in [0.15, 0.2) is 5.65 Å². The van der Waals surface area contributed by atoms with Crippen molar-refractivity contribution < 1.29 is 9.59 Å². The van der Waals surface area contributed by atoms with Crippen molar-refractivity contribution in [3.8, 4) is 0 Å². The SMILES string of the molecule is Cc1nc2cc(=O)[nH]n2c(C)c1CC(=O)N(C)CC(=O)Nc1ccc(Cl)c(Cl)c1. The molecular weight excluding hydrogens is 417 g/mol. The maximum absolute atomic E-state index is 12.6. The Morgan fingerprint density at radius 1 is 1.21 bits per heavy atom. The first-order chi connectivity index (χ1) is 13.7. The van der Waals surface area contributed by atoms with E-state index in [0.29, 0.717) is 32.6 Å². The second-order valence-corrected chi connectivity index (χ2v) is 7.49. The van der Waals surface area contributed by atoms with Crippen LogP contribution in [0.4, 0.5) is 5.69 Å². The molecule has 0 spiro atoms. The molecule has 8 nitrogen and oxygen atoms in total. The molecule has 0 aliphatic rings. The van der Waals surface area contributed by atoms with Gasteiger partial charge in [0.25, 0.3) is 5.56 Å². The van der Waals surface area contributed by atoms with Crippen LogP contribution in [0.3, 0.4) is 0 Å². The Kier molecular flexibility index (Phi) is 5.95. The molecule has 3 rings (SSSR count). The summed E-state index contributed by atoms with van der Waals surface area (Å²) in [5.41, 5.74) is 2.80. The van der Waals surface area contributed by atoms with Crippen LogP contribution in [0, 0.1) is 13.8 Å². The highest BCUT2D eigenvalue weighted by Crippen LogP contribution is 2.25. The van der Waals surface area contributed by atoms with E-state index < -0.39 is 0 Å². The number of H-pyrrole nitrogens is 1. The maximum atomic E-state index is 12.6. The molecule has 2 heterocycles. The van der Waals surface area contributed by atoms with Crippen molar-refractivity contribution in [2.45, 2.75) is 20.3 Å². The van der Waals surface area contributed by atoms with Gasteiger partial charge in [0, 0.05) is 35.8 Å². The predicted octanol–water partition coefficient (Wildman–Crippen LogP) is 2.59. The first-order valence-corrected chi connectivity index (χ1v) is 9.48. The van der Waals surface area contributed by atoms with Crippen LogP contribution in [0.15, 0.2) is 29.1 Å². The number of hydrogen-bond donors (Lipinski definition) is 2.